The first-order chi connectivity index (χ1) is 9.00. The molecule has 7 heteroatoms. The summed E-state index contributed by atoms with van der Waals surface area (Å²) in [4.78, 5) is 24.7. The van der Waals surface area contributed by atoms with Gasteiger partial charge in [0, 0.05) is 25.7 Å². The van der Waals surface area contributed by atoms with Crippen molar-refractivity contribution in [3.05, 3.63) is 35.4 Å². The van der Waals surface area contributed by atoms with Gasteiger partial charge in [-0.15, -0.1) is 0 Å². The molecule has 0 radical (unpaired) electrons. The largest absolute Gasteiger partial charge is 0.368 e. The van der Waals surface area contributed by atoms with E-state index >= 15 is 0 Å². The van der Waals surface area contributed by atoms with Crippen LogP contribution in [0.15, 0.2) is 18.2 Å². The molecule has 5 nitrogen and oxygen atoms in total. The van der Waals surface area contributed by atoms with Crippen LogP contribution in [0.4, 0.5) is 8.78 Å². The van der Waals surface area contributed by atoms with Gasteiger partial charge in [-0.2, -0.15) is 0 Å². The van der Waals surface area contributed by atoms with E-state index in [1.807, 2.05) is 0 Å². The summed E-state index contributed by atoms with van der Waals surface area (Å²) in [7, 11) is 0. The van der Waals surface area contributed by atoms with Gasteiger partial charge in [0.2, 0.25) is 5.91 Å². The van der Waals surface area contributed by atoms with Gasteiger partial charge in [0.1, 0.15) is 17.7 Å². The van der Waals surface area contributed by atoms with Gasteiger partial charge in [-0.3, -0.25) is 9.59 Å². The number of carbonyl (C=O) groups is 2. The predicted octanol–water partition coefficient (Wildman–Crippen LogP) is -0.136. The van der Waals surface area contributed by atoms with Crippen LogP contribution in [-0.2, 0) is 4.79 Å². The first-order valence-electron chi connectivity index (χ1n) is 5.76. The monoisotopic (exact) mass is 269 g/mol. The lowest BCUT2D eigenvalue weighted by molar-refractivity contribution is -0.122. The Bertz CT molecular complexity index is 522. The van der Waals surface area contributed by atoms with E-state index < -0.39 is 29.5 Å². The van der Waals surface area contributed by atoms with Crippen molar-refractivity contribution >= 4 is 11.8 Å². The first kappa shape index (κ1) is 13.4. The zero-order valence-electron chi connectivity index (χ0n) is 10.0. The second-order valence-electron chi connectivity index (χ2n) is 4.25. The molecule has 0 aliphatic carbocycles. The highest BCUT2D eigenvalue weighted by molar-refractivity contribution is 5.97. The van der Waals surface area contributed by atoms with Crippen LogP contribution in [0.1, 0.15) is 10.4 Å². The molecule has 1 saturated heterocycles. The molecule has 0 bridgehead atoms. The Hall–Kier alpha value is -2.02. The number of rotatable bonds is 2. The normalized spacial score (nSPS) is 19.3. The van der Waals surface area contributed by atoms with E-state index in [9.17, 15) is 18.4 Å². The highest BCUT2D eigenvalue weighted by Gasteiger charge is 2.32. The first-order valence-corrected chi connectivity index (χ1v) is 5.76. The summed E-state index contributed by atoms with van der Waals surface area (Å²) in [5, 5.41) is 2.93. The van der Waals surface area contributed by atoms with Crippen molar-refractivity contribution in [2.45, 2.75) is 6.04 Å². The summed E-state index contributed by atoms with van der Waals surface area (Å²) in [5.41, 5.74) is 4.94. The molecule has 1 aromatic rings. The molecule has 1 atom stereocenters. The van der Waals surface area contributed by atoms with Crippen molar-refractivity contribution < 1.29 is 18.4 Å². The van der Waals surface area contributed by atoms with Crippen molar-refractivity contribution in [1.29, 1.82) is 0 Å². The number of halogens is 2. The number of piperazine rings is 1. The molecule has 3 N–H and O–H groups in total. The highest BCUT2D eigenvalue weighted by Crippen LogP contribution is 2.15. The minimum atomic E-state index is -0.952. The third-order valence-corrected chi connectivity index (χ3v) is 2.99. The molecule has 0 aromatic heterocycles. The SMILES string of the molecule is NC(=O)C1CNCCN1C(=O)c1ccc(F)cc1F. The summed E-state index contributed by atoms with van der Waals surface area (Å²) in [6, 6.07) is 1.87. The maximum absolute atomic E-state index is 13.6. The second-order valence-corrected chi connectivity index (χ2v) is 4.25. The van der Waals surface area contributed by atoms with Gasteiger partial charge in [0.25, 0.3) is 5.91 Å². The van der Waals surface area contributed by atoms with Crippen LogP contribution in [0.2, 0.25) is 0 Å². The standard InChI is InChI=1S/C12H13F2N3O2/c13-7-1-2-8(9(14)5-7)12(19)17-4-3-16-6-10(17)11(15)18/h1-2,5,10,16H,3-4,6H2,(H2,15,18). The summed E-state index contributed by atoms with van der Waals surface area (Å²) in [6.07, 6.45) is 0. The third kappa shape index (κ3) is 2.70. The molecule has 1 heterocycles. The molecule has 1 aliphatic heterocycles. The molecule has 102 valence electrons. The van der Waals surface area contributed by atoms with Crippen molar-refractivity contribution in [3.63, 3.8) is 0 Å². The summed E-state index contributed by atoms with van der Waals surface area (Å²) in [5.74, 6) is -3.04. The number of benzene rings is 1. The summed E-state index contributed by atoms with van der Waals surface area (Å²) >= 11 is 0. The van der Waals surface area contributed by atoms with Crippen LogP contribution in [0.25, 0.3) is 0 Å². The van der Waals surface area contributed by atoms with Crippen LogP contribution in [0.3, 0.4) is 0 Å². The number of nitrogens with zero attached hydrogens (tertiary/aromatic N) is 1. The van der Waals surface area contributed by atoms with Gasteiger partial charge in [-0.25, -0.2) is 8.78 Å². The molecule has 0 saturated carbocycles. The smallest absolute Gasteiger partial charge is 0.257 e. The Morgan fingerprint density at radius 1 is 1.37 bits per heavy atom. The minimum Gasteiger partial charge on any atom is -0.368 e. The molecule has 2 rings (SSSR count). The highest BCUT2D eigenvalue weighted by atomic mass is 19.1. The van der Waals surface area contributed by atoms with E-state index in [0.717, 1.165) is 12.1 Å². The summed E-state index contributed by atoms with van der Waals surface area (Å²) < 4.78 is 26.4. The number of nitrogens with two attached hydrogens (primary N) is 1. The lowest BCUT2D eigenvalue weighted by Crippen LogP contribution is -2.58. The average Bonchev–Trinajstić information content (AvgIpc) is 2.38. The fourth-order valence-corrected chi connectivity index (χ4v) is 2.02. The van der Waals surface area contributed by atoms with E-state index in [0.29, 0.717) is 12.6 Å². The van der Waals surface area contributed by atoms with E-state index in [1.54, 1.807) is 0 Å². The quantitative estimate of drug-likeness (QED) is 0.785. The van der Waals surface area contributed by atoms with Crippen LogP contribution in [-0.4, -0.2) is 42.4 Å². The molecular formula is C12H13F2N3O2. The van der Waals surface area contributed by atoms with Crippen molar-refractivity contribution in [2.75, 3.05) is 19.6 Å². The van der Waals surface area contributed by atoms with Crippen molar-refractivity contribution in [2.24, 2.45) is 5.73 Å². The van der Waals surface area contributed by atoms with Crippen LogP contribution in [0, 0.1) is 11.6 Å². The topological polar surface area (TPSA) is 75.4 Å². The third-order valence-electron chi connectivity index (χ3n) is 2.99. The lowest BCUT2D eigenvalue weighted by Gasteiger charge is -2.34. The van der Waals surface area contributed by atoms with Crippen LogP contribution < -0.4 is 11.1 Å². The van der Waals surface area contributed by atoms with Crippen molar-refractivity contribution in [1.82, 2.24) is 10.2 Å². The molecule has 19 heavy (non-hydrogen) atoms. The molecule has 1 fully saturated rings. The van der Waals surface area contributed by atoms with Gasteiger partial charge in [-0.05, 0) is 12.1 Å². The fraction of sp³-hybridized carbons (Fsp3) is 0.333. The number of carbonyl (C=O) groups excluding carboxylic acids is 2. The molecule has 1 unspecified atom stereocenters. The maximum atomic E-state index is 13.6. The van der Waals surface area contributed by atoms with Crippen LogP contribution in [0.5, 0.6) is 0 Å². The van der Waals surface area contributed by atoms with E-state index in [-0.39, 0.29) is 18.7 Å². The molecule has 1 aliphatic rings. The number of hydrogen-bond acceptors (Lipinski definition) is 3. The predicted molar refractivity (Wildman–Crippen MR) is 63.2 cm³/mol. The van der Waals surface area contributed by atoms with Crippen LogP contribution >= 0.6 is 0 Å². The molecule has 1 aromatic carbocycles. The van der Waals surface area contributed by atoms with E-state index in [4.69, 9.17) is 5.73 Å². The average molecular weight is 269 g/mol. The Kier molecular flexibility index (Phi) is 3.75. The van der Waals surface area contributed by atoms with Gasteiger partial charge in [-0.1, -0.05) is 0 Å². The zero-order chi connectivity index (χ0) is 14.0. The Balaban J connectivity index is 2.28. The fourth-order valence-electron chi connectivity index (χ4n) is 2.02. The number of amides is 2. The number of nitrogens with one attached hydrogen (secondary N) is 1. The lowest BCUT2D eigenvalue weighted by atomic mass is 10.1. The van der Waals surface area contributed by atoms with Crippen molar-refractivity contribution in [3.8, 4) is 0 Å². The number of primary amides is 1. The zero-order valence-corrected chi connectivity index (χ0v) is 10.0. The Morgan fingerprint density at radius 2 is 2.11 bits per heavy atom. The van der Waals surface area contributed by atoms with Gasteiger partial charge in [0.05, 0.1) is 5.56 Å². The van der Waals surface area contributed by atoms with E-state index in [2.05, 4.69) is 5.32 Å². The molecule has 2 amide bonds. The minimum absolute atomic E-state index is 0.226. The van der Waals surface area contributed by atoms with Gasteiger partial charge < -0.3 is 16.0 Å². The van der Waals surface area contributed by atoms with Gasteiger partial charge in [0.15, 0.2) is 0 Å². The van der Waals surface area contributed by atoms with Gasteiger partial charge >= 0.3 is 0 Å². The van der Waals surface area contributed by atoms with E-state index in [1.165, 1.54) is 4.90 Å². The Labute approximate surface area is 108 Å². The maximum Gasteiger partial charge on any atom is 0.257 e. The molecule has 0 spiro atoms. The number of hydrogen-bond donors (Lipinski definition) is 2. The molecular weight excluding hydrogens is 256 g/mol. The second kappa shape index (κ2) is 5.31. The Morgan fingerprint density at radius 3 is 2.74 bits per heavy atom. The summed E-state index contributed by atoms with van der Waals surface area (Å²) in [6.45, 7) is 0.950.